The summed E-state index contributed by atoms with van der Waals surface area (Å²) in [7, 11) is -4.22. The second kappa shape index (κ2) is 10.9. The van der Waals surface area contributed by atoms with E-state index in [2.05, 4.69) is 15.4 Å². The molecule has 8 nitrogen and oxygen atoms in total. The van der Waals surface area contributed by atoms with Gasteiger partial charge in [-0.3, -0.25) is 9.59 Å². The van der Waals surface area contributed by atoms with Gasteiger partial charge in [-0.05, 0) is 42.7 Å². The van der Waals surface area contributed by atoms with Crippen molar-refractivity contribution >= 4 is 21.8 Å². The highest BCUT2D eigenvalue weighted by molar-refractivity contribution is 7.89. The molecule has 0 aliphatic carbocycles. The standard InChI is InChI=1S/C21H26FN3O5S/c1-14(2)19(25-31(29,30)18-10-4-3-9-17(18)22)21(28)24-12-6-11-23-20(27)15-7-5-8-16(26)13-15/h3-5,7-10,13-14,19,25-26H,6,11-12H2,1-2H3,(H,23,27)(H,24,28)/t19-/m0/s1. The molecule has 0 saturated heterocycles. The van der Waals surface area contributed by atoms with Crippen LogP contribution in [0.4, 0.5) is 4.39 Å². The van der Waals surface area contributed by atoms with Gasteiger partial charge in [-0.2, -0.15) is 4.72 Å². The van der Waals surface area contributed by atoms with Crippen LogP contribution in [0.15, 0.2) is 53.4 Å². The number of sulfonamides is 1. The Bertz CT molecular complexity index is 1030. The normalized spacial score (nSPS) is 12.4. The highest BCUT2D eigenvalue weighted by Gasteiger charge is 2.29. The summed E-state index contributed by atoms with van der Waals surface area (Å²) in [6.07, 6.45) is 0.404. The van der Waals surface area contributed by atoms with Crippen molar-refractivity contribution in [2.75, 3.05) is 13.1 Å². The van der Waals surface area contributed by atoms with Crippen molar-refractivity contribution in [2.45, 2.75) is 31.2 Å². The third kappa shape index (κ3) is 7.04. The number of halogens is 1. The molecule has 10 heteroatoms. The summed E-state index contributed by atoms with van der Waals surface area (Å²) in [5.74, 6) is -2.21. The van der Waals surface area contributed by atoms with Gasteiger partial charge < -0.3 is 15.7 Å². The Labute approximate surface area is 180 Å². The zero-order valence-electron chi connectivity index (χ0n) is 17.3. The number of benzene rings is 2. The first-order valence-electron chi connectivity index (χ1n) is 9.73. The molecule has 0 aromatic heterocycles. The number of carbonyl (C=O) groups excluding carboxylic acids is 2. The highest BCUT2D eigenvalue weighted by atomic mass is 32.2. The van der Waals surface area contributed by atoms with E-state index >= 15 is 0 Å². The van der Waals surface area contributed by atoms with Crippen LogP contribution in [0.3, 0.4) is 0 Å². The van der Waals surface area contributed by atoms with E-state index in [1.165, 1.54) is 24.3 Å². The van der Waals surface area contributed by atoms with Crippen molar-refractivity contribution in [3.63, 3.8) is 0 Å². The van der Waals surface area contributed by atoms with Crippen molar-refractivity contribution in [1.29, 1.82) is 0 Å². The van der Waals surface area contributed by atoms with Crippen LogP contribution in [0.5, 0.6) is 5.75 Å². The summed E-state index contributed by atoms with van der Waals surface area (Å²) in [6.45, 7) is 3.80. The average molecular weight is 452 g/mol. The Hall–Kier alpha value is -2.98. The monoisotopic (exact) mass is 451 g/mol. The minimum atomic E-state index is -4.22. The fourth-order valence-electron chi connectivity index (χ4n) is 2.75. The number of hydrogen-bond donors (Lipinski definition) is 4. The first-order chi connectivity index (χ1) is 14.6. The lowest BCUT2D eigenvalue weighted by molar-refractivity contribution is -0.123. The topological polar surface area (TPSA) is 125 Å². The lowest BCUT2D eigenvalue weighted by Gasteiger charge is -2.21. The Morgan fingerprint density at radius 3 is 2.35 bits per heavy atom. The second-order valence-corrected chi connectivity index (χ2v) is 8.91. The number of phenols is 1. The molecule has 0 aliphatic rings. The molecule has 2 aromatic carbocycles. The van der Waals surface area contributed by atoms with E-state index in [1.54, 1.807) is 26.0 Å². The lowest BCUT2D eigenvalue weighted by Crippen LogP contribution is -2.50. The van der Waals surface area contributed by atoms with Crippen LogP contribution < -0.4 is 15.4 Å². The zero-order chi connectivity index (χ0) is 23.0. The van der Waals surface area contributed by atoms with Crippen LogP contribution in [-0.4, -0.2) is 44.5 Å². The molecule has 0 spiro atoms. The van der Waals surface area contributed by atoms with Gasteiger partial charge in [-0.1, -0.05) is 32.0 Å². The fourth-order valence-corrected chi connectivity index (χ4v) is 4.17. The van der Waals surface area contributed by atoms with E-state index in [9.17, 15) is 27.5 Å². The van der Waals surface area contributed by atoms with Crippen LogP contribution in [-0.2, 0) is 14.8 Å². The Kier molecular flexibility index (Phi) is 8.52. The van der Waals surface area contributed by atoms with Gasteiger partial charge >= 0.3 is 0 Å². The van der Waals surface area contributed by atoms with Crippen molar-refractivity contribution in [1.82, 2.24) is 15.4 Å². The second-order valence-electron chi connectivity index (χ2n) is 7.22. The Balaban J connectivity index is 1.86. The number of phenolic OH excluding ortho intramolecular Hbond substituents is 1. The number of nitrogens with one attached hydrogen (secondary N) is 3. The summed E-state index contributed by atoms with van der Waals surface area (Å²) >= 11 is 0. The predicted octanol–water partition coefficient (Wildman–Crippen LogP) is 1.77. The molecule has 2 amide bonds. The molecule has 31 heavy (non-hydrogen) atoms. The van der Waals surface area contributed by atoms with Crippen molar-refractivity contribution in [3.05, 3.63) is 59.9 Å². The summed E-state index contributed by atoms with van der Waals surface area (Å²) < 4.78 is 41.1. The van der Waals surface area contributed by atoms with Crippen LogP contribution >= 0.6 is 0 Å². The molecule has 2 aromatic rings. The third-order valence-electron chi connectivity index (χ3n) is 4.40. The van der Waals surface area contributed by atoms with Gasteiger partial charge in [0.2, 0.25) is 15.9 Å². The van der Waals surface area contributed by atoms with Gasteiger partial charge in [0, 0.05) is 18.7 Å². The Morgan fingerprint density at radius 2 is 1.71 bits per heavy atom. The minimum absolute atomic E-state index is 0.0162. The minimum Gasteiger partial charge on any atom is -0.508 e. The smallest absolute Gasteiger partial charge is 0.251 e. The van der Waals surface area contributed by atoms with Crippen molar-refractivity contribution < 1.29 is 27.5 Å². The maximum Gasteiger partial charge on any atom is 0.251 e. The molecule has 1 atom stereocenters. The molecule has 0 aliphatic heterocycles. The van der Waals surface area contributed by atoms with Crippen LogP contribution in [0.2, 0.25) is 0 Å². The van der Waals surface area contributed by atoms with E-state index in [0.29, 0.717) is 12.0 Å². The number of rotatable bonds is 10. The largest absolute Gasteiger partial charge is 0.508 e. The molecule has 4 N–H and O–H groups in total. The molecular weight excluding hydrogens is 425 g/mol. The molecule has 168 valence electrons. The van der Waals surface area contributed by atoms with Crippen LogP contribution in [0.1, 0.15) is 30.6 Å². The summed E-state index contributed by atoms with van der Waals surface area (Å²) in [5.41, 5.74) is 0.312. The number of carbonyl (C=O) groups is 2. The molecule has 0 radical (unpaired) electrons. The molecule has 0 heterocycles. The van der Waals surface area contributed by atoms with Gasteiger partial charge in [0.1, 0.15) is 22.5 Å². The van der Waals surface area contributed by atoms with Gasteiger partial charge in [0.15, 0.2) is 0 Å². The molecule has 0 fully saturated rings. The van der Waals surface area contributed by atoms with E-state index in [-0.39, 0.29) is 30.7 Å². The van der Waals surface area contributed by atoms with Gasteiger partial charge in [0.25, 0.3) is 5.91 Å². The van der Waals surface area contributed by atoms with E-state index in [0.717, 1.165) is 12.1 Å². The summed E-state index contributed by atoms with van der Waals surface area (Å²) in [6, 6.07) is 9.75. The fraction of sp³-hybridized carbons (Fsp3) is 0.333. The zero-order valence-corrected chi connectivity index (χ0v) is 18.1. The van der Waals surface area contributed by atoms with E-state index in [4.69, 9.17) is 0 Å². The molecule has 0 unspecified atom stereocenters. The number of amides is 2. The van der Waals surface area contributed by atoms with E-state index < -0.39 is 32.7 Å². The summed E-state index contributed by atoms with van der Waals surface area (Å²) in [5, 5.41) is 14.7. The molecule has 2 rings (SSSR count). The highest BCUT2D eigenvalue weighted by Crippen LogP contribution is 2.15. The van der Waals surface area contributed by atoms with Crippen LogP contribution in [0.25, 0.3) is 0 Å². The Morgan fingerprint density at radius 1 is 1.03 bits per heavy atom. The van der Waals surface area contributed by atoms with Crippen LogP contribution in [0, 0.1) is 11.7 Å². The SMILES string of the molecule is CC(C)[C@H](NS(=O)(=O)c1ccccc1F)C(=O)NCCCNC(=O)c1cccc(O)c1. The maximum absolute atomic E-state index is 13.9. The van der Waals surface area contributed by atoms with Gasteiger partial charge in [0.05, 0.1) is 0 Å². The predicted molar refractivity (Wildman–Crippen MR) is 113 cm³/mol. The number of hydrogen-bond acceptors (Lipinski definition) is 5. The maximum atomic E-state index is 13.9. The van der Waals surface area contributed by atoms with Gasteiger partial charge in [-0.15, -0.1) is 0 Å². The summed E-state index contributed by atoms with van der Waals surface area (Å²) in [4.78, 5) is 24.0. The first kappa shape index (κ1) is 24.3. The molecular formula is C21H26FN3O5S. The number of aromatic hydroxyl groups is 1. The third-order valence-corrected chi connectivity index (χ3v) is 5.88. The van der Waals surface area contributed by atoms with Crippen molar-refractivity contribution in [3.8, 4) is 5.75 Å². The lowest BCUT2D eigenvalue weighted by atomic mass is 10.1. The molecule has 0 saturated carbocycles. The quantitative estimate of drug-likeness (QED) is 0.410. The van der Waals surface area contributed by atoms with Crippen molar-refractivity contribution in [2.24, 2.45) is 5.92 Å². The molecule has 0 bridgehead atoms. The first-order valence-corrected chi connectivity index (χ1v) is 11.2. The van der Waals surface area contributed by atoms with E-state index in [1.807, 2.05) is 0 Å². The average Bonchev–Trinajstić information content (AvgIpc) is 2.71. The van der Waals surface area contributed by atoms with Gasteiger partial charge in [-0.25, -0.2) is 12.8 Å².